The predicted molar refractivity (Wildman–Crippen MR) is 123 cm³/mol. The second kappa shape index (κ2) is 8.72. The Hall–Kier alpha value is -3.84. The summed E-state index contributed by atoms with van der Waals surface area (Å²) >= 11 is 1.59. The number of ether oxygens (including phenoxy) is 3. The average Bonchev–Trinajstić information content (AvgIpc) is 3.52. The molecular weight excluding hydrogens is 424 g/mol. The van der Waals surface area contributed by atoms with E-state index in [-0.39, 0.29) is 12.7 Å². The quantitative estimate of drug-likeness (QED) is 0.446. The molecule has 0 atom stereocenters. The monoisotopic (exact) mass is 444 g/mol. The third kappa shape index (κ3) is 4.02. The molecule has 0 saturated heterocycles. The van der Waals surface area contributed by atoms with E-state index in [2.05, 4.69) is 5.32 Å². The third-order valence-electron chi connectivity index (χ3n) is 5.18. The number of methoxy groups -OCH3 is 1. The number of nitrogens with one attached hydrogen (secondary N) is 1. The normalized spacial score (nSPS) is 11.9. The van der Waals surface area contributed by atoms with Crippen LogP contribution in [0.4, 0.5) is 0 Å². The Balaban J connectivity index is 1.26. The minimum Gasteiger partial charge on any atom is -0.496 e. The number of nitrogens with zero attached hydrogens (tertiary/aromatic N) is 1. The highest BCUT2D eigenvalue weighted by atomic mass is 32.1. The van der Waals surface area contributed by atoms with Crippen molar-refractivity contribution in [3.05, 3.63) is 83.2 Å². The molecule has 3 aromatic carbocycles. The minimum absolute atomic E-state index is 0.167. The summed E-state index contributed by atoms with van der Waals surface area (Å²) in [6.45, 7) is 0.685. The smallest absolute Gasteiger partial charge is 0.255 e. The van der Waals surface area contributed by atoms with Gasteiger partial charge in [0.2, 0.25) is 6.79 Å². The maximum absolute atomic E-state index is 12.5. The molecule has 0 radical (unpaired) electrons. The summed E-state index contributed by atoms with van der Waals surface area (Å²) < 4.78 is 16.1. The first-order chi connectivity index (χ1) is 15.7. The topological polar surface area (TPSA) is 69.7 Å². The molecule has 4 aromatic rings. The van der Waals surface area contributed by atoms with E-state index in [4.69, 9.17) is 19.2 Å². The number of thiazole rings is 1. The lowest BCUT2D eigenvalue weighted by atomic mass is 10.1. The third-order valence-corrected chi connectivity index (χ3v) is 6.07. The standard InChI is InChI=1S/C25H20N2O4S/c1-29-21-5-3-2-4-19(21)24(28)26-13-16-6-8-17(9-7-16)25-27-20(14-32-25)18-10-11-22-23(12-18)31-15-30-22/h2-12,14H,13,15H2,1H3,(H,26,28). The van der Waals surface area contributed by atoms with Crippen molar-refractivity contribution in [3.8, 4) is 39.1 Å². The first-order valence-electron chi connectivity index (χ1n) is 10.1. The van der Waals surface area contributed by atoms with Gasteiger partial charge in [0, 0.05) is 23.1 Å². The van der Waals surface area contributed by atoms with Gasteiger partial charge in [0.05, 0.1) is 18.4 Å². The van der Waals surface area contributed by atoms with Gasteiger partial charge in [0.15, 0.2) is 11.5 Å². The number of amides is 1. The molecule has 1 aromatic heterocycles. The summed E-state index contributed by atoms with van der Waals surface area (Å²) in [5.74, 6) is 1.90. The maximum atomic E-state index is 12.5. The molecular formula is C25H20N2O4S. The molecule has 1 N–H and O–H groups in total. The molecule has 5 rings (SSSR count). The number of benzene rings is 3. The fourth-order valence-electron chi connectivity index (χ4n) is 3.47. The van der Waals surface area contributed by atoms with Gasteiger partial charge in [-0.05, 0) is 35.9 Å². The summed E-state index contributed by atoms with van der Waals surface area (Å²) in [7, 11) is 1.56. The lowest BCUT2D eigenvalue weighted by molar-refractivity contribution is 0.0948. The van der Waals surface area contributed by atoms with Gasteiger partial charge in [0.1, 0.15) is 10.8 Å². The van der Waals surface area contributed by atoms with Crippen LogP contribution in [-0.4, -0.2) is 24.8 Å². The van der Waals surface area contributed by atoms with Gasteiger partial charge < -0.3 is 19.5 Å². The van der Waals surface area contributed by atoms with Crippen LogP contribution in [0.2, 0.25) is 0 Å². The average molecular weight is 445 g/mol. The lowest BCUT2D eigenvalue weighted by Gasteiger charge is -2.09. The van der Waals surface area contributed by atoms with Crippen LogP contribution >= 0.6 is 11.3 Å². The number of rotatable bonds is 6. The molecule has 1 aliphatic rings. The van der Waals surface area contributed by atoms with E-state index < -0.39 is 0 Å². The maximum Gasteiger partial charge on any atom is 0.255 e. The van der Waals surface area contributed by atoms with Crippen molar-refractivity contribution in [1.29, 1.82) is 0 Å². The predicted octanol–water partition coefficient (Wildman–Crippen LogP) is 5.14. The SMILES string of the molecule is COc1ccccc1C(=O)NCc1ccc(-c2nc(-c3ccc4c(c3)OCO4)cs2)cc1. The van der Waals surface area contributed by atoms with Crippen molar-refractivity contribution in [2.24, 2.45) is 0 Å². The first-order valence-corrected chi connectivity index (χ1v) is 11.0. The van der Waals surface area contributed by atoms with Crippen LogP contribution in [0.15, 0.2) is 72.1 Å². The number of hydrogen-bond acceptors (Lipinski definition) is 6. The zero-order chi connectivity index (χ0) is 21.9. The Labute approximate surface area is 189 Å². The first kappa shape index (κ1) is 20.1. The van der Waals surface area contributed by atoms with Gasteiger partial charge in [-0.3, -0.25) is 4.79 Å². The van der Waals surface area contributed by atoms with Crippen LogP contribution in [0.25, 0.3) is 21.8 Å². The van der Waals surface area contributed by atoms with Crippen LogP contribution in [0.5, 0.6) is 17.2 Å². The molecule has 0 unspecified atom stereocenters. The van der Waals surface area contributed by atoms with E-state index in [0.29, 0.717) is 17.9 Å². The highest BCUT2D eigenvalue weighted by Crippen LogP contribution is 2.37. The van der Waals surface area contributed by atoms with Crippen molar-refractivity contribution in [3.63, 3.8) is 0 Å². The number of aromatic nitrogens is 1. The van der Waals surface area contributed by atoms with E-state index in [1.165, 1.54) is 0 Å². The minimum atomic E-state index is -0.167. The molecule has 1 amide bonds. The second-order valence-corrected chi connectivity index (χ2v) is 8.04. The van der Waals surface area contributed by atoms with Crippen LogP contribution < -0.4 is 19.5 Å². The van der Waals surface area contributed by atoms with Crippen LogP contribution in [0, 0.1) is 0 Å². The van der Waals surface area contributed by atoms with Crippen molar-refractivity contribution >= 4 is 17.2 Å². The molecule has 32 heavy (non-hydrogen) atoms. The molecule has 160 valence electrons. The number of hydrogen-bond donors (Lipinski definition) is 1. The van der Waals surface area contributed by atoms with E-state index in [1.807, 2.05) is 60.0 Å². The summed E-state index contributed by atoms with van der Waals surface area (Å²) in [6.07, 6.45) is 0. The molecule has 0 fully saturated rings. The lowest BCUT2D eigenvalue weighted by Crippen LogP contribution is -2.23. The van der Waals surface area contributed by atoms with Crippen molar-refractivity contribution in [1.82, 2.24) is 10.3 Å². The molecule has 6 nitrogen and oxygen atoms in total. The Bertz CT molecular complexity index is 1270. The second-order valence-electron chi connectivity index (χ2n) is 7.19. The van der Waals surface area contributed by atoms with Gasteiger partial charge in [-0.15, -0.1) is 11.3 Å². The summed E-state index contributed by atoms with van der Waals surface area (Å²) in [4.78, 5) is 17.3. The van der Waals surface area contributed by atoms with Crippen LogP contribution in [-0.2, 0) is 6.54 Å². The molecule has 0 aliphatic carbocycles. The molecule has 1 aliphatic heterocycles. The number of para-hydroxylation sites is 1. The van der Waals surface area contributed by atoms with Crippen molar-refractivity contribution in [2.75, 3.05) is 13.9 Å². The van der Waals surface area contributed by atoms with E-state index >= 15 is 0 Å². The molecule has 0 saturated carbocycles. The largest absolute Gasteiger partial charge is 0.496 e. The van der Waals surface area contributed by atoms with E-state index in [0.717, 1.165) is 38.9 Å². The van der Waals surface area contributed by atoms with Crippen LogP contribution in [0.3, 0.4) is 0 Å². The molecule has 2 heterocycles. The number of carbonyl (C=O) groups excluding carboxylic acids is 1. The number of carbonyl (C=O) groups is 1. The Morgan fingerprint density at radius 2 is 1.81 bits per heavy atom. The van der Waals surface area contributed by atoms with Crippen molar-refractivity contribution in [2.45, 2.75) is 6.54 Å². The molecule has 0 bridgehead atoms. The van der Waals surface area contributed by atoms with E-state index in [1.54, 1.807) is 30.6 Å². The zero-order valence-corrected chi connectivity index (χ0v) is 18.1. The summed E-state index contributed by atoms with van der Waals surface area (Å²) in [5.41, 5.74) is 4.45. The van der Waals surface area contributed by atoms with E-state index in [9.17, 15) is 4.79 Å². The van der Waals surface area contributed by atoms with Gasteiger partial charge in [-0.25, -0.2) is 4.98 Å². The summed E-state index contributed by atoms with van der Waals surface area (Å²) in [5, 5.41) is 5.91. The Morgan fingerprint density at radius 3 is 2.66 bits per heavy atom. The van der Waals surface area contributed by atoms with Gasteiger partial charge in [-0.1, -0.05) is 36.4 Å². The highest BCUT2D eigenvalue weighted by molar-refractivity contribution is 7.13. The molecule has 7 heteroatoms. The highest BCUT2D eigenvalue weighted by Gasteiger charge is 2.15. The molecule has 0 spiro atoms. The van der Waals surface area contributed by atoms with Gasteiger partial charge in [0.25, 0.3) is 5.91 Å². The van der Waals surface area contributed by atoms with Gasteiger partial charge >= 0.3 is 0 Å². The summed E-state index contributed by atoms with van der Waals surface area (Å²) in [6, 6.07) is 21.1. The zero-order valence-electron chi connectivity index (χ0n) is 17.3. The number of fused-ring (bicyclic) bond motifs is 1. The fourth-order valence-corrected chi connectivity index (χ4v) is 4.31. The fraction of sp³-hybridized carbons (Fsp3) is 0.120. The van der Waals surface area contributed by atoms with Crippen molar-refractivity contribution < 1.29 is 19.0 Å². The Morgan fingerprint density at radius 1 is 1.03 bits per heavy atom. The van der Waals surface area contributed by atoms with Gasteiger partial charge in [-0.2, -0.15) is 0 Å². The Kier molecular flexibility index (Phi) is 5.47. The van der Waals surface area contributed by atoms with Crippen LogP contribution in [0.1, 0.15) is 15.9 Å².